The van der Waals surface area contributed by atoms with E-state index in [1.807, 2.05) is 45.0 Å². The predicted molar refractivity (Wildman–Crippen MR) is 115 cm³/mol. The molecule has 0 saturated carbocycles. The van der Waals surface area contributed by atoms with Gasteiger partial charge in [-0.3, -0.25) is 4.79 Å². The third kappa shape index (κ3) is 4.90. The van der Waals surface area contributed by atoms with Gasteiger partial charge in [0.15, 0.2) is 0 Å². The molecule has 0 bridgehead atoms. The summed E-state index contributed by atoms with van der Waals surface area (Å²) in [6, 6.07) is 7.95. The number of amides is 1. The van der Waals surface area contributed by atoms with Gasteiger partial charge in [-0.1, -0.05) is 36.8 Å². The zero-order chi connectivity index (χ0) is 20.3. The summed E-state index contributed by atoms with van der Waals surface area (Å²) in [4.78, 5) is 26.4. The number of carbonyl (C=O) groups excluding carboxylic acids is 2. The van der Waals surface area contributed by atoms with Crippen LogP contribution in [-0.4, -0.2) is 18.0 Å². The molecule has 0 saturated heterocycles. The van der Waals surface area contributed by atoms with E-state index in [4.69, 9.17) is 4.74 Å². The average Bonchev–Trinajstić information content (AvgIpc) is 2.97. The second-order valence-electron chi connectivity index (χ2n) is 7.74. The number of thiophene rings is 1. The number of anilines is 1. The van der Waals surface area contributed by atoms with Gasteiger partial charge in [-0.15, -0.1) is 11.3 Å². The minimum absolute atomic E-state index is 0.199. The number of fused-ring (bicyclic) bond motifs is 1. The van der Waals surface area contributed by atoms with Crippen molar-refractivity contribution in [3.05, 3.63) is 57.5 Å². The van der Waals surface area contributed by atoms with Crippen molar-refractivity contribution in [1.82, 2.24) is 0 Å². The molecule has 1 unspecified atom stereocenters. The highest BCUT2D eigenvalue weighted by atomic mass is 32.1. The van der Waals surface area contributed by atoms with Crippen LogP contribution in [0.2, 0.25) is 0 Å². The first-order valence-electron chi connectivity index (χ1n) is 9.74. The number of ether oxygens (including phenoxy) is 1. The molecule has 1 aliphatic carbocycles. The average molecular weight is 398 g/mol. The van der Waals surface area contributed by atoms with Crippen LogP contribution in [0.4, 0.5) is 5.00 Å². The van der Waals surface area contributed by atoms with Gasteiger partial charge in [-0.2, -0.15) is 0 Å². The molecule has 1 atom stereocenters. The predicted octanol–water partition coefficient (Wildman–Crippen LogP) is 5.40. The number of aryl methyl sites for hydroxylation is 1. The molecule has 5 heteroatoms. The third-order valence-corrected chi connectivity index (χ3v) is 5.97. The standard InChI is InChI=1S/C23H27NO3S/c1-14(2)27-23(26)21-18-11-7-16(4)13-19(18)28-22(21)24-20(25)12-10-17-8-5-15(3)6-9-17/h5-6,8-10,12,14,16H,7,11,13H2,1-4H3,(H,24,25). The summed E-state index contributed by atoms with van der Waals surface area (Å²) < 4.78 is 5.45. The van der Waals surface area contributed by atoms with Gasteiger partial charge in [0.25, 0.3) is 0 Å². The van der Waals surface area contributed by atoms with E-state index < -0.39 is 0 Å². The van der Waals surface area contributed by atoms with Crippen molar-refractivity contribution < 1.29 is 14.3 Å². The summed E-state index contributed by atoms with van der Waals surface area (Å²) in [6.45, 7) is 7.91. The summed E-state index contributed by atoms with van der Waals surface area (Å²) in [5.74, 6) is -0.00390. The van der Waals surface area contributed by atoms with E-state index in [1.54, 1.807) is 6.08 Å². The van der Waals surface area contributed by atoms with Crippen molar-refractivity contribution in [2.24, 2.45) is 5.92 Å². The van der Waals surface area contributed by atoms with E-state index >= 15 is 0 Å². The normalized spacial score (nSPS) is 16.2. The number of hydrogen-bond acceptors (Lipinski definition) is 4. The first-order valence-corrected chi connectivity index (χ1v) is 10.6. The molecule has 0 spiro atoms. The van der Waals surface area contributed by atoms with Crippen LogP contribution < -0.4 is 5.32 Å². The Bertz CT molecular complexity index is 893. The fourth-order valence-corrected chi connectivity index (χ4v) is 4.73. The molecule has 1 aliphatic rings. The van der Waals surface area contributed by atoms with Gasteiger partial charge < -0.3 is 10.1 Å². The number of nitrogens with one attached hydrogen (secondary N) is 1. The molecule has 28 heavy (non-hydrogen) atoms. The number of rotatable bonds is 5. The first kappa shape index (κ1) is 20.3. The summed E-state index contributed by atoms with van der Waals surface area (Å²) in [6.07, 6.45) is 5.92. The van der Waals surface area contributed by atoms with Gasteiger partial charge in [0.1, 0.15) is 5.00 Å². The summed E-state index contributed by atoms with van der Waals surface area (Å²) in [7, 11) is 0. The zero-order valence-corrected chi connectivity index (χ0v) is 17.7. The van der Waals surface area contributed by atoms with Gasteiger partial charge in [0.2, 0.25) is 5.91 Å². The van der Waals surface area contributed by atoms with Crippen molar-refractivity contribution in [3.63, 3.8) is 0 Å². The maximum absolute atomic E-state index is 12.7. The second-order valence-corrected chi connectivity index (χ2v) is 8.85. The Morgan fingerprint density at radius 1 is 1.25 bits per heavy atom. The Morgan fingerprint density at radius 2 is 1.96 bits per heavy atom. The largest absolute Gasteiger partial charge is 0.459 e. The van der Waals surface area contributed by atoms with Gasteiger partial charge in [-0.05, 0) is 63.2 Å². The van der Waals surface area contributed by atoms with E-state index in [2.05, 4.69) is 12.2 Å². The van der Waals surface area contributed by atoms with Gasteiger partial charge in [0.05, 0.1) is 11.7 Å². The lowest BCUT2D eigenvalue weighted by atomic mass is 9.88. The fraction of sp³-hybridized carbons (Fsp3) is 0.391. The lowest BCUT2D eigenvalue weighted by Crippen LogP contribution is -2.18. The Balaban J connectivity index is 1.82. The van der Waals surface area contributed by atoms with Crippen LogP contribution in [0.1, 0.15) is 59.1 Å². The highest BCUT2D eigenvalue weighted by Gasteiger charge is 2.29. The van der Waals surface area contributed by atoms with Gasteiger partial charge >= 0.3 is 5.97 Å². The molecule has 1 N–H and O–H groups in total. The number of benzene rings is 1. The van der Waals surface area contributed by atoms with Crippen molar-refractivity contribution in [1.29, 1.82) is 0 Å². The van der Waals surface area contributed by atoms with Crippen molar-refractivity contribution in [3.8, 4) is 0 Å². The topological polar surface area (TPSA) is 55.4 Å². The third-order valence-electron chi connectivity index (χ3n) is 4.80. The molecular weight excluding hydrogens is 370 g/mol. The van der Waals surface area contributed by atoms with E-state index in [0.29, 0.717) is 16.5 Å². The van der Waals surface area contributed by atoms with Crippen LogP contribution in [0.5, 0.6) is 0 Å². The van der Waals surface area contributed by atoms with E-state index in [0.717, 1.165) is 30.4 Å². The maximum Gasteiger partial charge on any atom is 0.341 e. The molecule has 1 amide bonds. The Morgan fingerprint density at radius 3 is 2.64 bits per heavy atom. The molecular formula is C23H27NO3S. The van der Waals surface area contributed by atoms with Crippen LogP contribution in [0.15, 0.2) is 30.3 Å². The zero-order valence-electron chi connectivity index (χ0n) is 16.9. The maximum atomic E-state index is 12.7. The van der Waals surface area contributed by atoms with Crippen molar-refractivity contribution in [2.45, 2.75) is 53.1 Å². The minimum atomic E-state index is -0.347. The first-order chi connectivity index (χ1) is 13.3. The molecule has 0 radical (unpaired) electrons. The molecule has 1 aromatic carbocycles. The van der Waals surface area contributed by atoms with Crippen LogP contribution in [-0.2, 0) is 22.4 Å². The molecule has 1 heterocycles. The van der Waals surface area contributed by atoms with Crippen LogP contribution in [0.25, 0.3) is 6.08 Å². The molecule has 1 aromatic heterocycles. The monoisotopic (exact) mass is 397 g/mol. The van der Waals surface area contributed by atoms with E-state index in [1.165, 1.54) is 27.9 Å². The minimum Gasteiger partial charge on any atom is -0.459 e. The summed E-state index contributed by atoms with van der Waals surface area (Å²) in [5, 5.41) is 3.51. The van der Waals surface area contributed by atoms with Gasteiger partial charge in [0, 0.05) is 11.0 Å². The summed E-state index contributed by atoms with van der Waals surface area (Å²) in [5.41, 5.74) is 3.72. The fourth-order valence-electron chi connectivity index (χ4n) is 3.33. The highest BCUT2D eigenvalue weighted by Crippen LogP contribution is 2.40. The van der Waals surface area contributed by atoms with Crippen molar-refractivity contribution >= 4 is 34.3 Å². The molecule has 148 valence electrons. The molecule has 0 fully saturated rings. The quantitative estimate of drug-likeness (QED) is 0.543. The molecule has 0 aliphatic heterocycles. The van der Waals surface area contributed by atoms with Crippen LogP contribution >= 0.6 is 11.3 Å². The second kappa shape index (κ2) is 8.74. The molecule has 3 rings (SSSR count). The summed E-state index contributed by atoms with van der Waals surface area (Å²) >= 11 is 1.51. The Kier molecular flexibility index (Phi) is 6.35. The number of hydrogen-bond donors (Lipinski definition) is 1. The van der Waals surface area contributed by atoms with Crippen molar-refractivity contribution in [2.75, 3.05) is 5.32 Å². The lowest BCUT2D eigenvalue weighted by molar-refractivity contribution is -0.111. The van der Waals surface area contributed by atoms with Crippen LogP contribution in [0, 0.1) is 12.8 Å². The number of esters is 1. The van der Waals surface area contributed by atoms with Gasteiger partial charge in [-0.25, -0.2) is 4.79 Å². The molecule has 2 aromatic rings. The Labute approximate surface area is 170 Å². The Hall–Kier alpha value is -2.40. The van der Waals surface area contributed by atoms with E-state index in [9.17, 15) is 9.59 Å². The SMILES string of the molecule is Cc1ccc(C=CC(=O)Nc2sc3c(c2C(=O)OC(C)C)CCC(C)C3)cc1. The lowest BCUT2D eigenvalue weighted by Gasteiger charge is -2.18. The number of carbonyl (C=O) groups is 2. The highest BCUT2D eigenvalue weighted by molar-refractivity contribution is 7.17. The smallest absolute Gasteiger partial charge is 0.341 e. The van der Waals surface area contributed by atoms with E-state index in [-0.39, 0.29) is 18.0 Å². The molecule has 4 nitrogen and oxygen atoms in total. The van der Waals surface area contributed by atoms with Crippen LogP contribution in [0.3, 0.4) is 0 Å².